The third kappa shape index (κ3) is 2.73. The molecule has 4 heterocycles. The van der Waals surface area contributed by atoms with E-state index in [1.807, 2.05) is 6.07 Å². The van der Waals surface area contributed by atoms with Gasteiger partial charge in [0.15, 0.2) is 0 Å². The van der Waals surface area contributed by atoms with Crippen molar-refractivity contribution in [2.75, 3.05) is 6.54 Å². The van der Waals surface area contributed by atoms with Gasteiger partial charge >= 0.3 is 0 Å². The van der Waals surface area contributed by atoms with Crippen LogP contribution in [0.25, 0.3) is 0 Å². The minimum absolute atomic E-state index is 0.0847. The standard InChI is InChI=1S/C16H15N5O3/c22-16(13-3-6-18-19-13)21-7-4-15-12(9-21)14(20-24-15)10-23-11-2-1-5-17-8-11/h1-3,5-6,8H,4,7,9-10H2,(H,18,19). The summed E-state index contributed by atoms with van der Waals surface area (Å²) in [5.74, 6) is 1.39. The Morgan fingerprint density at radius 2 is 2.33 bits per heavy atom. The van der Waals surface area contributed by atoms with Gasteiger partial charge in [-0.25, -0.2) is 0 Å². The van der Waals surface area contributed by atoms with Crippen molar-refractivity contribution < 1.29 is 14.1 Å². The highest BCUT2D eigenvalue weighted by Crippen LogP contribution is 2.24. The Labute approximate surface area is 137 Å². The Bertz CT molecular complexity index is 829. The Hall–Kier alpha value is -3.16. The maximum atomic E-state index is 12.4. The summed E-state index contributed by atoms with van der Waals surface area (Å²) in [5, 5.41) is 10.6. The second-order valence-corrected chi connectivity index (χ2v) is 5.46. The van der Waals surface area contributed by atoms with E-state index in [0.717, 1.165) is 11.3 Å². The summed E-state index contributed by atoms with van der Waals surface area (Å²) < 4.78 is 11.1. The van der Waals surface area contributed by atoms with Gasteiger partial charge in [0.25, 0.3) is 5.91 Å². The molecule has 1 amide bonds. The van der Waals surface area contributed by atoms with Gasteiger partial charge in [-0.3, -0.25) is 14.9 Å². The van der Waals surface area contributed by atoms with Crippen molar-refractivity contribution in [2.45, 2.75) is 19.6 Å². The van der Waals surface area contributed by atoms with Crippen LogP contribution in [0.4, 0.5) is 0 Å². The number of nitrogens with zero attached hydrogens (tertiary/aromatic N) is 4. The van der Waals surface area contributed by atoms with E-state index < -0.39 is 0 Å². The minimum Gasteiger partial charge on any atom is -0.486 e. The summed E-state index contributed by atoms with van der Waals surface area (Å²) >= 11 is 0. The predicted octanol–water partition coefficient (Wildman–Crippen LogP) is 1.57. The minimum atomic E-state index is -0.0847. The van der Waals surface area contributed by atoms with E-state index >= 15 is 0 Å². The topological polar surface area (TPSA) is 97.1 Å². The fraction of sp³-hybridized carbons (Fsp3) is 0.250. The van der Waals surface area contributed by atoms with Gasteiger partial charge in [-0.05, 0) is 18.2 Å². The van der Waals surface area contributed by atoms with Crippen LogP contribution in [0.5, 0.6) is 5.75 Å². The summed E-state index contributed by atoms with van der Waals surface area (Å²) in [6, 6.07) is 5.30. The molecule has 1 aliphatic rings. The lowest BCUT2D eigenvalue weighted by Gasteiger charge is -2.25. The lowest BCUT2D eigenvalue weighted by molar-refractivity contribution is 0.0722. The molecular weight excluding hydrogens is 310 g/mol. The van der Waals surface area contributed by atoms with Gasteiger partial charge in [0.2, 0.25) is 0 Å². The molecule has 0 unspecified atom stereocenters. The summed E-state index contributed by atoms with van der Waals surface area (Å²) in [6.45, 7) is 1.31. The molecule has 3 aromatic heterocycles. The van der Waals surface area contributed by atoms with Gasteiger partial charge in [0.05, 0.1) is 12.7 Å². The summed E-state index contributed by atoms with van der Waals surface area (Å²) in [6.07, 6.45) is 5.52. The van der Waals surface area contributed by atoms with E-state index in [0.29, 0.717) is 36.6 Å². The molecular formula is C16H15N5O3. The zero-order chi connectivity index (χ0) is 16.4. The summed E-state index contributed by atoms with van der Waals surface area (Å²) in [4.78, 5) is 18.2. The van der Waals surface area contributed by atoms with Crippen molar-refractivity contribution in [3.05, 3.63) is 59.5 Å². The van der Waals surface area contributed by atoms with Crippen LogP contribution >= 0.6 is 0 Å². The molecule has 8 heteroatoms. The van der Waals surface area contributed by atoms with E-state index in [4.69, 9.17) is 9.26 Å². The van der Waals surface area contributed by atoms with E-state index in [9.17, 15) is 4.79 Å². The molecule has 3 aromatic rings. The van der Waals surface area contributed by atoms with Crippen LogP contribution in [0, 0.1) is 0 Å². The van der Waals surface area contributed by atoms with Crippen molar-refractivity contribution >= 4 is 5.91 Å². The first-order valence-corrected chi connectivity index (χ1v) is 7.59. The number of pyridine rings is 1. The van der Waals surface area contributed by atoms with Gasteiger partial charge in [0, 0.05) is 30.9 Å². The maximum Gasteiger partial charge on any atom is 0.272 e. The number of aromatic nitrogens is 4. The number of amides is 1. The summed E-state index contributed by atoms with van der Waals surface area (Å²) in [5.41, 5.74) is 2.09. The van der Waals surface area contributed by atoms with E-state index in [1.165, 1.54) is 0 Å². The Morgan fingerprint density at radius 3 is 3.12 bits per heavy atom. The van der Waals surface area contributed by atoms with E-state index in [1.54, 1.807) is 35.6 Å². The highest BCUT2D eigenvalue weighted by Gasteiger charge is 2.28. The first-order valence-electron chi connectivity index (χ1n) is 7.59. The highest BCUT2D eigenvalue weighted by atomic mass is 16.5. The molecule has 0 aliphatic carbocycles. The molecule has 1 aliphatic heterocycles. The normalized spacial score (nSPS) is 13.6. The number of ether oxygens (including phenoxy) is 1. The maximum absolute atomic E-state index is 12.4. The largest absolute Gasteiger partial charge is 0.486 e. The van der Waals surface area contributed by atoms with Gasteiger partial charge in [0.1, 0.15) is 29.5 Å². The van der Waals surface area contributed by atoms with Gasteiger partial charge in [-0.2, -0.15) is 5.10 Å². The second kappa shape index (κ2) is 6.15. The Kier molecular flexibility index (Phi) is 3.70. The molecule has 0 atom stereocenters. The monoisotopic (exact) mass is 325 g/mol. The fourth-order valence-electron chi connectivity index (χ4n) is 2.68. The molecule has 4 rings (SSSR count). The van der Waals surface area contributed by atoms with Gasteiger partial charge in [-0.1, -0.05) is 5.16 Å². The predicted molar refractivity (Wildman–Crippen MR) is 82.1 cm³/mol. The van der Waals surface area contributed by atoms with Gasteiger partial charge < -0.3 is 14.2 Å². The third-order valence-corrected chi connectivity index (χ3v) is 3.94. The van der Waals surface area contributed by atoms with Crippen LogP contribution < -0.4 is 4.74 Å². The molecule has 24 heavy (non-hydrogen) atoms. The number of carbonyl (C=O) groups is 1. The quantitative estimate of drug-likeness (QED) is 0.782. The smallest absolute Gasteiger partial charge is 0.272 e. The average molecular weight is 325 g/mol. The van der Waals surface area contributed by atoms with Crippen LogP contribution in [0.1, 0.15) is 27.5 Å². The van der Waals surface area contributed by atoms with Crippen molar-refractivity contribution in [1.82, 2.24) is 25.2 Å². The number of hydrogen-bond acceptors (Lipinski definition) is 6. The van der Waals surface area contributed by atoms with Crippen LogP contribution in [0.3, 0.4) is 0 Å². The molecule has 1 N–H and O–H groups in total. The first-order chi connectivity index (χ1) is 11.8. The molecule has 0 radical (unpaired) electrons. The second-order valence-electron chi connectivity index (χ2n) is 5.46. The van der Waals surface area contributed by atoms with E-state index in [-0.39, 0.29) is 12.5 Å². The van der Waals surface area contributed by atoms with E-state index in [2.05, 4.69) is 20.3 Å². The lowest BCUT2D eigenvalue weighted by atomic mass is 10.1. The molecule has 0 aromatic carbocycles. The SMILES string of the molecule is O=C(c1ccn[nH]1)N1CCc2onc(COc3cccnc3)c2C1. The lowest BCUT2D eigenvalue weighted by Crippen LogP contribution is -2.36. The zero-order valence-electron chi connectivity index (χ0n) is 12.8. The van der Waals surface area contributed by atoms with Crippen molar-refractivity contribution in [3.63, 3.8) is 0 Å². The summed E-state index contributed by atoms with van der Waals surface area (Å²) in [7, 11) is 0. The Balaban J connectivity index is 1.48. The number of hydrogen-bond donors (Lipinski definition) is 1. The number of nitrogens with one attached hydrogen (secondary N) is 1. The molecule has 0 saturated heterocycles. The van der Waals surface area contributed by atoms with Gasteiger partial charge in [-0.15, -0.1) is 0 Å². The fourth-order valence-corrected chi connectivity index (χ4v) is 2.68. The highest BCUT2D eigenvalue weighted by molar-refractivity contribution is 5.92. The number of fused-ring (bicyclic) bond motifs is 1. The molecule has 0 fully saturated rings. The number of aromatic amines is 1. The number of carbonyl (C=O) groups excluding carboxylic acids is 1. The van der Waals surface area contributed by atoms with Crippen LogP contribution in [-0.4, -0.2) is 37.7 Å². The van der Waals surface area contributed by atoms with Crippen molar-refractivity contribution in [1.29, 1.82) is 0 Å². The van der Waals surface area contributed by atoms with Crippen LogP contribution in [-0.2, 0) is 19.6 Å². The third-order valence-electron chi connectivity index (χ3n) is 3.94. The molecule has 0 spiro atoms. The molecule has 8 nitrogen and oxygen atoms in total. The number of rotatable bonds is 4. The molecule has 122 valence electrons. The average Bonchev–Trinajstić information content (AvgIpc) is 3.30. The molecule has 0 bridgehead atoms. The van der Waals surface area contributed by atoms with Crippen molar-refractivity contribution in [2.24, 2.45) is 0 Å². The van der Waals surface area contributed by atoms with Crippen LogP contribution in [0.2, 0.25) is 0 Å². The number of H-pyrrole nitrogens is 1. The first kappa shape index (κ1) is 14.4. The molecule has 0 saturated carbocycles. The van der Waals surface area contributed by atoms with Crippen LogP contribution in [0.15, 0.2) is 41.3 Å². The van der Waals surface area contributed by atoms with Crippen molar-refractivity contribution in [3.8, 4) is 5.75 Å². The zero-order valence-corrected chi connectivity index (χ0v) is 12.8. The Morgan fingerprint density at radius 1 is 1.38 bits per heavy atom.